The van der Waals surface area contributed by atoms with Crippen molar-refractivity contribution in [3.8, 4) is 0 Å². The molecule has 106 valence electrons. The van der Waals surface area contributed by atoms with Gasteiger partial charge in [-0.15, -0.1) is 12.4 Å². The molecule has 1 unspecified atom stereocenters. The van der Waals surface area contributed by atoms with Crippen LogP contribution in [0.15, 0.2) is 0 Å². The van der Waals surface area contributed by atoms with E-state index >= 15 is 0 Å². The van der Waals surface area contributed by atoms with Gasteiger partial charge in [-0.2, -0.15) is 0 Å². The summed E-state index contributed by atoms with van der Waals surface area (Å²) in [5, 5.41) is 3.06. The van der Waals surface area contributed by atoms with Crippen molar-refractivity contribution >= 4 is 18.3 Å². The Balaban J connectivity index is 0.00000162. The maximum Gasteiger partial charge on any atom is 0.223 e. The molecule has 0 aromatic rings. The predicted molar refractivity (Wildman–Crippen MR) is 76.8 cm³/mol. The fraction of sp³-hybridized carbons (Fsp3) is 0.929. The average molecular weight is 275 g/mol. The van der Waals surface area contributed by atoms with Crippen LogP contribution in [-0.2, 0) is 4.79 Å². The first-order valence-electron chi connectivity index (χ1n) is 7.30. The summed E-state index contributed by atoms with van der Waals surface area (Å²) in [4.78, 5) is 12.0. The molecule has 1 amide bonds. The van der Waals surface area contributed by atoms with Gasteiger partial charge in [-0.3, -0.25) is 4.79 Å². The van der Waals surface area contributed by atoms with E-state index in [1.54, 1.807) is 0 Å². The first-order valence-corrected chi connectivity index (χ1v) is 7.30. The molecule has 3 N–H and O–H groups in total. The Hall–Kier alpha value is -0.280. The van der Waals surface area contributed by atoms with Gasteiger partial charge < -0.3 is 11.1 Å². The van der Waals surface area contributed by atoms with Crippen LogP contribution in [0.4, 0.5) is 0 Å². The largest absolute Gasteiger partial charge is 0.354 e. The minimum Gasteiger partial charge on any atom is -0.354 e. The molecule has 1 atom stereocenters. The molecule has 3 nitrogen and oxygen atoms in total. The van der Waals surface area contributed by atoms with E-state index < -0.39 is 0 Å². The van der Waals surface area contributed by atoms with E-state index in [4.69, 9.17) is 5.73 Å². The Morgan fingerprint density at radius 1 is 1.06 bits per heavy atom. The van der Waals surface area contributed by atoms with Crippen LogP contribution >= 0.6 is 12.4 Å². The fourth-order valence-corrected chi connectivity index (χ4v) is 2.77. The molecule has 0 spiro atoms. The first kappa shape index (κ1) is 15.8. The summed E-state index contributed by atoms with van der Waals surface area (Å²) in [6.07, 6.45) is 11.0. The van der Waals surface area contributed by atoms with Gasteiger partial charge in [-0.25, -0.2) is 0 Å². The SMILES string of the molecule is Cl.NC(CNC(=O)C1CCCCCCC1)C1CC1. The molecule has 0 bridgehead atoms. The van der Waals surface area contributed by atoms with Gasteiger partial charge in [0.15, 0.2) is 0 Å². The third kappa shape index (κ3) is 5.15. The topological polar surface area (TPSA) is 55.1 Å². The van der Waals surface area contributed by atoms with Crippen LogP contribution in [0.1, 0.15) is 57.8 Å². The second kappa shape index (κ2) is 8.00. The maximum atomic E-state index is 12.0. The lowest BCUT2D eigenvalue weighted by Crippen LogP contribution is -2.41. The average Bonchev–Trinajstić information content (AvgIpc) is 3.08. The van der Waals surface area contributed by atoms with Gasteiger partial charge >= 0.3 is 0 Å². The Bertz CT molecular complexity index is 248. The molecule has 2 saturated carbocycles. The second-order valence-corrected chi connectivity index (χ2v) is 5.79. The van der Waals surface area contributed by atoms with Crippen LogP contribution in [0.5, 0.6) is 0 Å². The van der Waals surface area contributed by atoms with Crippen LogP contribution < -0.4 is 11.1 Å². The van der Waals surface area contributed by atoms with Crippen LogP contribution in [0, 0.1) is 11.8 Å². The highest BCUT2D eigenvalue weighted by molar-refractivity contribution is 5.85. The molecule has 0 heterocycles. The highest BCUT2D eigenvalue weighted by atomic mass is 35.5. The number of halogens is 1. The highest BCUT2D eigenvalue weighted by Crippen LogP contribution is 2.31. The number of hydrogen-bond donors (Lipinski definition) is 2. The molecule has 2 rings (SSSR count). The van der Waals surface area contributed by atoms with Crippen molar-refractivity contribution in [2.24, 2.45) is 17.6 Å². The Morgan fingerprint density at radius 3 is 2.17 bits per heavy atom. The molecule has 2 fully saturated rings. The fourth-order valence-electron chi connectivity index (χ4n) is 2.77. The zero-order valence-corrected chi connectivity index (χ0v) is 12.0. The minimum absolute atomic E-state index is 0. The zero-order chi connectivity index (χ0) is 12.1. The minimum atomic E-state index is 0. The standard InChI is InChI=1S/C14H26N2O.ClH/c15-13(11-8-9-11)10-16-14(17)12-6-4-2-1-3-5-7-12;/h11-13H,1-10,15H2,(H,16,17);1H. The van der Waals surface area contributed by atoms with E-state index in [9.17, 15) is 4.79 Å². The molecule has 2 aliphatic rings. The van der Waals surface area contributed by atoms with Gasteiger partial charge in [0.25, 0.3) is 0 Å². The Morgan fingerprint density at radius 2 is 1.61 bits per heavy atom. The molecule has 0 saturated heterocycles. The first-order chi connectivity index (χ1) is 8.27. The zero-order valence-electron chi connectivity index (χ0n) is 11.2. The third-order valence-electron chi connectivity index (χ3n) is 4.22. The maximum absolute atomic E-state index is 12.0. The summed E-state index contributed by atoms with van der Waals surface area (Å²) in [5.74, 6) is 1.18. The van der Waals surface area contributed by atoms with E-state index in [-0.39, 0.29) is 30.3 Å². The molecule has 0 aromatic carbocycles. The number of hydrogen-bond acceptors (Lipinski definition) is 2. The number of nitrogens with one attached hydrogen (secondary N) is 1. The lowest BCUT2D eigenvalue weighted by atomic mass is 9.90. The summed E-state index contributed by atoms with van der Waals surface area (Å²) in [6, 6.07) is 0.188. The van der Waals surface area contributed by atoms with Crippen molar-refractivity contribution in [1.29, 1.82) is 0 Å². The van der Waals surface area contributed by atoms with Gasteiger partial charge in [0.05, 0.1) is 0 Å². The quantitative estimate of drug-likeness (QED) is 0.828. The number of amides is 1. The summed E-state index contributed by atoms with van der Waals surface area (Å²) in [7, 11) is 0. The molecule has 0 radical (unpaired) electrons. The number of rotatable bonds is 4. The Labute approximate surface area is 117 Å². The molecular weight excluding hydrogens is 248 g/mol. The summed E-state index contributed by atoms with van der Waals surface area (Å²) in [5.41, 5.74) is 6.00. The molecular formula is C14H27ClN2O. The third-order valence-corrected chi connectivity index (χ3v) is 4.22. The van der Waals surface area contributed by atoms with Crippen molar-refractivity contribution in [1.82, 2.24) is 5.32 Å². The van der Waals surface area contributed by atoms with Gasteiger partial charge in [-0.1, -0.05) is 32.1 Å². The van der Waals surface area contributed by atoms with Crippen LogP contribution in [0.3, 0.4) is 0 Å². The van der Waals surface area contributed by atoms with Gasteiger partial charge in [0.1, 0.15) is 0 Å². The molecule has 2 aliphatic carbocycles. The van der Waals surface area contributed by atoms with Crippen molar-refractivity contribution < 1.29 is 4.79 Å². The van der Waals surface area contributed by atoms with Crippen LogP contribution in [-0.4, -0.2) is 18.5 Å². The molecule has 18 heavy (non-hydrogen) atoms. The Kier molecular flexibility index (Phi) is 7.02. The van der Waals surface area contributed by atoms with Gasteiger partial charge in [-0.05, 0) is 31.6 Å². The van der Waals surface area contributed by atoms with Gasteiger partial charge in [0.2, 0.25) is 5.91 Å². The second-order valence-electron chi connectivity index (χ2n) is 5.79. The van der Waals surface area contributed by atoms with E-state index in [0.717, 1.165) is 12.8 Å². The summed E-state index contributed by atoms with van der Waals surface area (Å²) < 4.78 is 0. The summed E-state index contributed by atoms with van der Waals surface area (Å²) >= 11 is 0. The van der Waals surface area contributed by atoms with Crippen LogP contribution in [0.25, 0.3) is 0 Å². The monoisotopic (exact) mass is 274 g/mol. The van der Waals surface area contributed by atoms with Crippen molar-refractivity contribution in [3.63, 3.8) is 0 Å². The van der Waals surface area contributed by atoms with E-state index in [1.165, 1.54) is 44.9 Å². The van der Waals surface area contributed by atoms with E-state index in [1.807, 2.05) is 0 Å². The number of carbonyl (C=O) groups is 1. The number of carbonyl (C=O) groups excluding carboxylic acids is 1. The molecule has 0 aliphatic heterocycles. The lowest BCUT2D eigenvalue weighted by Gasteiger charge is -2.20. The van der Waals surface area contributed by atoms with Crippen molar-refractivity contribution in [2.45, 2.75) is 63.8 Å². The highest BCUT2D eigenvalue weighted by Gasteiger charge is 2.29. The van der Waals surface area contributed by atoms with Crippen LogP contribution in [0.2, 0.25) is 0 Å². The van der Waals surface area contributed by atoms with Crippen molar-refractivity contribution in [2.75, 3.05) is 6.54 Å². The summed E-state index contributed by atoms with van der Waals surface area (Å²) in [6.45, 7) is 0.681. The predicted octanol–water partition coefficient (Wildman–Crippen LogP) is 2.62. The lowest BCUT2D eigenvalue weighted by molar-refractivity contribution is -0.125. The van der Waals surface area contributed by atoms with E-state index in [2.05, 4.69) is 5.32 Å². The van der Waals surface area contributed by atoms with Crippen molar-refractivity contribution in [3.05, 3.63) is 0 Å². The van der Waals surface area contributed by atoms with Gasteiger partial charge in [0, 0.05) is 18.5 Å². The number of nitrogens with two attached hydrogens (primary N) is 1. The molecule has 0 aromatic heterocycles. The molecule has 4 heteroatoms. The van der Waals surface area contributed by atoms with E-state index in [0.29, 0.717) is 12.5 Å². The normalized spacial score (nSPS) is 23.4. The smallest absolute Gasteiger partial charge is 0.223 e.